The average molecular weight is 398 g/mol. The van der Waals surface area contributed by atoms with Gasteiger partial charge in [-0.15, -0.1) is 0 Å². The van der Waals surface area contributed by atoms with E-state index in [1.54, 1.807) is 36.4 Å². The van der Waals surface area contributed by atoms with E-state index in [0.717, 1.165) is 22.3 Å². The number of benzene rings is 3. The summed E-state index contributed by atoms with van der Waals surface area (Å²) in [5.41, 5.74) is 4.45. The molecule has 4 heteroatoms. The molecule has 3 aromatic rings. The minimum Gasteiger partial charge on any atom is -0.508 e. The van der Waals surface area contributed by atoms with E-state index in [1.165, 1.54) is 24.3 Å². The van der Waals surface area contributed by atoms with E-state index in [1.807, 2.05) is 37.3 Å². The fraction of sp³-hybridized carbons (Fsp3) is 0.0769. The molecule has 0 aliphatic heterocycles. The van der Waals surface area contributed by atoms with E-state index in [0.29, 0.717) is 5.56 Å². The zero-order valence-electron chi connectivity index (χ0n) is 16.6. The van der Waals surface area contributed by atoms with Gasteiger partial charge in [0.1, 0.15) is 11.5 Å². The number of carbonyl (C=O) groups is 2. The van der Waals surface area contributed by atoms with Gasteiger partial charge in [0.25, 0.3) is 0 Å². The van der Waals surface area contributed by atoms with Crippen molar-refractivity contribution in [2.75, 3.05) is 0 Å². The molecule has 0 unspecified atom stereocenters. The highest BCUT2D eigenvalue weighted by Gasteiger charge is 2.08. The lowest BCUT2D eigenvalue weighted by Gasteiger charge is -2.10. The number of aryl methyl sites for hydroxylation is 1. The van der Waals surface area contributed by atoms with Gasteiger partial charge >= 0.3 is 0 Å². The number of allylic oxidation sites excluding steroid dienone is 2. The Balaban J connectivity index is 1.72. The predicted octanol–water partition coefficient (Wildman–Crippen LogP) is 5.33. The summed E-state index contributed by atoms with van der Waals surface area (Å²) in [5.74, 6) is -0.384. The van der Waals surface area contributed by atoms with E-state index < -0.39 is 0 Å². The van der Waals surface area contributed by atoms with Crippen LogP contribution in [0.1, 0.15) is 23.1 Å². The van der Waals surface area contributed by atoms with Crippen molar-refractivity contribution in [2.45, 2.75) is 13.3 Å². The number of carbonyl (C=O) groups excluding carboxylic acids is 2. The molecule has 4 nitrogen and oxygen atoms in total. The maximum atomic E-state index is 12.2. The molecule has 0 saturated carbocycles. The lowest BCUT2D eigenvalue weighted by Crippen LogP contribution is -2.02. The van der Waals surface area contributed by atoms with Crippen LogP contribution in [0.3, 0.4) is 0 Å². The van der Waals surface area contributed by atoms with Crippen molar-refractivity contribution < 1.29 is 19.8 Å². The molecule has 0 fully saturated rings. The van der Waals surface area contributed by atoms with Gasteiger partial charge in [0, 0.05) is 0 Å². The van der Waals surface area contributed by atoms with Crippen LogP contribution in [0, 0.1) is 6.92 Å². The topological polar surface area (TPSA) is 74.6 Å². The largest absolute Gasteiger partial charge is 0.508 e. The molecule has 0 aliphatic carbocycles. The molecule has 2 N–H and O–H groups in total. The van der Waals surface area contributed by atoms with Gasteiger partial charge in [-0.2, -0.15) is 0 Å². The monoisotopic (exact) mass is 398 g/mol. The summed E-state index contributed by atoms with van der Waals surface area (Å²) < 4.78 is 0. The van der Waals surface area contributed by atoms with Crippen molar-refractivity contribution in [3.63, 3.8) is 0 Å². The van der Waals surface area contributed by atoms with Gasteiger partial charge < -0.3 is 10.2 Å². The van der Waals surface area contributed by atoms with Crippen LogP contribution in [0.4, 0.5) is 0 Å². The first-order valence-corrected chi connectivity index (χ1v) is 9.52. The Labute approximate surface area is 175 Å². The smallest absolute Gasteiger partial charge is 0.163 e. The summed E-state index contributed by atoms with van der Waals surface area (Å²) >= 11 is 0. The molecule has 3 aromatic carbocycles. The van der Waals surface area contributed by atoms with E-state index in [-0.39, 0.29) is 29.5 Å². The van der Waals surface area contributed by atoms with Crippen LogP contribution in [0.5, 0.6) is 11.5 Å². The fourth-order valence-electron chi connectivity index (χ4n) is 3.06. The van der Waals surface area contributed by atoms with Crippen molar-refractivity contribution in [3.8, 4) is 22.6 Å². The molecule has 0 saturated heterocycles. The first kappa shape index (κ1) is 20.8. The molecule has 0 radical (unpaired) electrons. The fourth-order valence-corrected chi connectivity index (χ4v) is 3.06. The molecule has 0 amide bonds. The first-order chi connectivity index (χ1) is 14.4. The van der Waals surface area contributed by atoms with Gasteiger partial charge in [-0.25, -0.2) is 0 Å². The summed E-state index contributed by atoms with van der Waals surface area (Å²) in [5, 5.41) is 19.1. The zero-order valence-corrected chi connectivity index (χ0v) is 16.6. The Kier molecular flexibility index (Phi) is 6.60. The quantitative estimate of drug-likeness (QED) is 0.417. The number of phenols is 2. The highest BCUT2D eigenvalue weighted by Crippen LogP contribution is 2.30. The summed E-state index contributed by atoms with van der Waals surface area (Å²) in [6.07, 6.45) is 5.70. The van der Waals surface area contributed by atoms with Crippen LogP contribution in [-0.2, 0) is 9.59 Å². The average Bonchev–Trinajstić information content (AvgIpc) is 2.72. The zero-order chi connectivity index (χ0) is 21.5. The molecule has 0 atom stereocenters. The Morgan fingerprint density at radius 2 is 1.40 bits per heavy atom. The molecule has 0 aliphatic rings. The Morgan fingerprint density at radius 1 is 0.767 bits per heavy atom. The minimum atomic E-state index is -0.325. The molecule has 150 valence electrons. The second kappa shape index (κ2) is 9.52. The second-order valence-electron chi connectivity index (χ2n) is 6.95. The lowest BCUT2D eigenvalue weighted by atomic mass is 9.95. The number of phenolic OH excluding ortho intramolecular Hbond substituents is 2. The first-order valence-electron chi connectivity index (χ1n) is 9.52. The van der Waals surface area contributed by atoms with Crippen LogP contribution in [0.25, 0.3) is 23.3 Å². The highest BCUT2D eigenvalue weighted by atomic mass is 16.3. The van der Waals surface area contributed by atoms with Gasteiger partial charge in [-0.3, -0.25) is 9.59 Å². The van der Waals surface area contributed by atoms with E-state index in [9.17, 15) is 19.8 Å². The molecular formula is C26H22O4. The van der Waals surface area contributed by atoms with Crippen LogP contribution in [0.2, 0.25) is 0 Å². The maximum absolute atomic E-state index is 12.2. The molecule has 0 bridgehead atoms. The molecule has 30 heavy (non-hydrogen) atoms. The third-order valence-electron chi connectivity index (χ3n) is 4.62. The Bertz CT molecular complexity index is 1120. The van der Waals surface area contributed by atoms with Crippen LogP contribution in [0.15, 0.2) is 78.9 Å². The van der Waals surface area contributed by atoms with Gasteiger partial charge in [-0.1, -0.05) is 54.6 Å². The molecular weight excluding hydrogens is 376 g/mol. The number of hydrogen-bond donors (Lipinski definition) is 2. The van der Waals surface area contributed by atoms with Gasteiger partial charge in [0.15, 0.2) is 11.6 Å². The standard InChI is InChI=1S/C26H22O4/c1-18-4-2-3-5-25(18)26-15-14-22(28)16-20(26)9-13-24(30)17-23(29)12-8-19-6-10-21(27)11-7-19/h2-16,27-28H,17H2,1H3/b12-8+,13-9+. The van der Waals surface area contributed by atoms with Gasteiger partial charge in [0.05, 0.1) is 6.42 Å². The van der Waals surface area contributed by atoms with Crippen molar-refractivity contribution in [3.05, 3.63) is 95.6 Å². The number of aromatic hydroxyl groups is 2. The van der Waals surface area contributed by atoms with Gasteiger partial charge in [-0.05, 0) is 71.2 Å². The van der Waals surface area contributed by atoms with Crippen molar-refractivity contribution in [1.82, 2.24) is 0 Å². The van der Waals surface area contributed by atoms with E-state index in [2.05, 4.69) is 0 Å². The SMILES string of the molecule is Cc1ccccc1-c1ccc(O)cc1/C=C/C(=O)CC(=O)/C=C/c1ccc(O)cc1. The third-order valence-corrected chi connectivity index (χ3v) is 4.62. The van der Waals surface area contributed by atoms with Crippen molar-refractivity contribution in [1.29, 1.82) is 0 Å². The summed E-state index contributed by atoms with van der Waals surface area (Å²) in [4.78, 5) is 24.3. The highest BCUT2D eigenvalue weighted by molar-refractivity contribution is 6.11. The molecule has 0 heterocycles. The third kappa shape index (κ3) is 5.55. The van der Waals surface area contributed by atoms with E-state index >= 15 is 0 Å². The number of ketones is 2. The minimum absolute atomic E-state index is 0.104. The molecule has 3 rings (SSSR count). The van der Waals surface area contributed by atoms with Crippen molar-refractivity contribution >= 4 is 23.7 Å². The Hall–Kier alpha value is -3.92. The van der Waals surface area contributed by atoms with E-state index in [4.69, 9.17) is 0 Å². The van der Waals surface area contributed by atoms with Crippen LogP contribution < -0.4 is 0 Å². The van der Waals surface area contributed by atoms with Crippen LogP contribution >= 0.6 is 0 Å². The second-order valence-corrected chi connectivity index (χ2v) is 6.95. The number of rotatable bonds is 7. The summed E-state index contributed by atoms with van der Waals surface area (Å²) in [6, 6.07) is 19.3. The van der Waals surface area contributed by atoms with Crippen LogP contribution in [-0.4, -0.2) is 21.8 Å². The summed E-state index contributed by atoms with van der Waals surface area (Å²) in [6.45, 7) is 2.00. The molecule has 0 aromatic heterocycles. The molecule has 0 spiro atoms. The lowest BCUT2D eigenvalue weighted by molar-refractivity contribution is -0.121. The maximum Gasteiger partial charge on any atom is 0.163 e. The normalized spacial score (nSPS) is 11.2. The summed E-state index contributed by atoms with van der Waals surface area (Å²) in [7, 11) is 0. The number of hydrogen-bond acceptors (Lipinski definition) is 4. The van der Waals surface area contributed by atoms with Crippen molar-refractivity contribution in [2.24, 2.45) is 0 Å². The predicted molar refractivity (Wildman–Crippen MR) is 119 cm³/mol. The van der Waals surface area contributed by atoms with Gasteiger partial charge in [0.2, 0.25) is 0 Å². The Morgan fingerprint density at radius 3 is 2.10 bits per heavy atom.